The van der Waals surface area contributed by atoms with Crippen LogP contribution in [-0.2, 0) is 13.6 Å². The predicted molar refractivity (Wildman–Crippen MR) is 74.6 cm³/mol. The van der Waals surface area contributed by atoms with E-state index in [1.165, 1.54) is 29.9 Å². The number of aromatic nitrogens is 2. The van der Waals surface area contributed by atoms with Crippen LogP contribution in [-0.4, -0.2) is 39.9 Å². The van der Waals surface area contributed by atoms with Crippen molar-refractivity contribution in [1.29, 1.82) is 0 Å². The molecule has 0 amide bonds. The van der Waals surface area contributed by atoms with Gasteiger partial charge in [-0.1, -0.05) is 13.8 Å². The zero-order chi connectivity index (χ0) is 13.3. The SMILES string of the molecule is Cc1nn(C)c(C)c1CN1CCC(NC(C)C)C1. The molecule has 1 fully saturated rings. The summed E-state index contributed by atoms with van der Waals surface area (Å²) in [5, 5.41) is 8.12. The Hall–Kier alpha value is -0.870. The second kappa shape index (κ2) is 5.41. The highest BCUT2D eigenvalue weighted by Crippen LogP contribution is 2.18. The van der Waals surface area contributed by atoms with Gasteiger partial charge in [-0.2, -0.15) is 5.10 Å². The fourth-order valence-electron chi connectivity index (χ4n) is 2.85. The monoisotopic (exact) mass is 250 g/mol. The van der Waals surface area contributed by atoms with Gasteiger partial charge in [-0.05, 0) is 20.3 Å². The zero-order valence-electron chi connectivity index (χ0n) is 12.3. The smallest absolute Gasteiger partial charge is 0.0641 e. The minimum atomic E-state index is 0.580. The van der Waals surface area contributed by atoms with Gasteiger partial charge in [0.15, 0.2) is 0 Å². The minimum Gasteiger partial charge on any atom is -0.310 e. The largest absolute Gasteiger partial charge is 0.310 e. The molecule has 1 aliphatic heterocycles. The lowest BCUT2D eigenvalue weighted by Crippen LogP contribution is -2.36. The summed E-state index contributed by atoms with van der Waals surface area (Å²) in [4.78, 5) is 2.54. The maximum absolute atomic E-state index is 4.49. The summed E-state index contributed by atoms with van der Waals surface area (Å²) in [5.74, 6) is 0. The summed E-state index contributed by atoms with van der Waals surface area (Å²) >= 11 is 0. The lowest BCUT2D eigenvalue weighted by atomic mass is 10.2. The summed E-state index contributed by atoms with van der Waals surface area (Å²) in [5.41, 5.74) is 3.88. The molecule has 1 unspecified atom stereocenters. The van der Waals surface area contributed by atoms with Gasteiger partial charge in [0, 0.05) is 50.0 Å². The Balaban J connectivity index is 1.95. The lowest BCUT2D eigenvalue weighted by Gasteiger charge is -2.18. The second-order valence-electron chi connectivity index (χ2n) is 5.82. The Morgan fingerprint density at radius 3 is 2.67 bits per heavy atom. The number of rotatable bonds is 4. The molecule has 18 heavy (non-hydrogen) atoms. The Kier molecular flexibility index (Phi) is 4.07. The lowest BCUT2D eigenvalue weighted by molar-refractivity contribution is 0.315. The molecule has 102 valence electrons. The van der Waals surface area contributed by atoms with E-state index in [2.05, 4.69) is 43.0 Å². The van der Waals surface area contributed by atoms with Gasteiger partial charge in [-0.3, -0.25) is 9.58 Å². The van der Waals surface area contributed by atoms with Crippen molar-refractivity contribution in [3.8, 4) is 0 Å². The van der Waals surface area contributed by atoms with Crippen LogP contribution in [0, 0.1) is 13.8 Å². The van der Waals surface area contributed by atoms with Gasteiger partial charge in [-0.25, -0.2) is 0 Å². The fraction of sp³-hybridized carbons (Fsp3) is 0.786. The molecule has 1 atom stereocenters. The van der Waals surface area contributed by atoms with Crippen LogP contribution in [0.15, 0.2) is 0 Å². The molecule has 1 aliphatic rings. The molecule has 1 aromatic heterocycles. The fourth-order valence-corrected chi connectivity index (χ4v) is 2.85. The number of hydrogen-bond acceptors (Lipinski definition) is 3. The first kappa shape index (κ1) is 13.6. The van der Waals surface area contributed by atoms with E-state index < -0.39 is 0 Å². The third-order valence-corrected chi connectivity index (χ3v) is 3.88. The van der Waals surface area contributed by atoms with Crippen LogP contribution in [0.4, 0.5) is 0 Å². The van der Waals surface area contributed by atoms with Gasteiger partial charge in [-0.15, -0.1) is 0 Å². The van der Waals surface area contributed by atoms with E-state index in [9.17, 15) is 0 Å². The molecular formula is C14H26N4. The molecule has 0 bridgehead atoms. The molecule has 0 aromatic carbocycles. The topological polar surface area (TPSA) is 33.1 Å². The third-order valence-electron chi connectivity index (χ3n) is 3.88. The van der Waals surface area contributed by atoms with E-state index in [0.29, 0.717) is 12.1 Å². The van der Waals surface area contributed by atoms with Crippen molar-refractivity contribution in [3.05, 3.63) is 17.0 Å². The molecule has 1 aromatic rings. The number of nitrogens with one attached hydrogen (secondary N) is 1. The molecule has 4 nitrogen and oxygen atoms in total. The van der Waals surface area contributed by atoms with Crippen molar-refractivity contribution in [1.82, 2.24) is 20.0 Å². The van der Waals surface area contributed by atoms with Crippen LogP contribution in [0.25, 0.3) is 0 Å². The van der Waals surface area contributed by atoms with Crippen LogP contribution in [0.3, 0.4) is 0 Å². The quantitative estimate of drug-likeness (QED) is 0.881. The van der Waals surface area contributed by atoms with Crippen LogP contribution < -0.4 is 5.32 Å². The summed E-state index contributed by atoms with van der Waals surface area (Å²) in [6, 6.07) is 1.24. The first-order valence-corrected chi connectivity index (χ1v) is 6.95. The Morgan fingerprint density at radius 1 is 1.39 bits per heavy atom. The van der Waals surface area contributed by atoms with Crippen molar-refractivity contribution < 1.29 is 0 Å². The number of aryl methyl sites for hydroxylation is 2. The molecule has 2 heterocycles. The maximum atomic E-state index is 4.49. The summed E-state index contributed by atoms with van der Waals surface area (Å²) < 4.78 is 1.99. The molecule has 0 aliphatic carbocycles. The van der Waals surface area contributed by atoms with Crippen LogP contribution in [0.1, 0.15) is 37.2 Å². The Morgan fingerprint density at radius 2 is 2.11 bits per heavy atom. The summed E-state index contributed by atoms with van der Waals surface area (Å²) in [7, 11) is 2.03. The highest BCUT2D eigenvalue weighted by atomic mass is 15.3. The Bertz CT molecular complexity index is 408. The normalized spacial score (nSPS) is 21.1. The first-order chi connectivity index (χ1) is 8.47. The average molecular weight is 250 g/mol. The van der Waals surface area contributed by atoms with Gasteiger partial charge in [0.25, 0.3) is 0 Å². The van der Waals surface area contributed by atoms with Crippen molar-refractivity contribution in [3.63, 3.8) is 0 Å². The van der Waals surface area contributed by atoms with Crippen molar-refractivity contribution >= 4 is 0 Å². The van der Waals surface area contributed by atoms with Crippen LogP contribution in [0.2, 0.25) is 0 Å². The maximum Gasteiger partial charge on any atom is 0.0641 e. The number of nitrogens with zero attached hydrogens (tertiary/aromatic N) is 3. The van der Waals surface area contributed by atoms with Crippen molar-refractivity contribution in [2.75, 3.05) is 13.1 Å². The summed E-state index contributed by atoms with van der Waals surface area (Å²) in [6.45, 7) is 12.1. The van der Waals surface area contributed by atoms with Crippen LogP contribution in [0.5, 0.6) is 0 Å². The molecule has 1 N–H and O–H groups in total. The molecule has 2 rings (SSSR count). The number of hydrogen-bond donors (Lipinski definition) is 1. The molecule has 0 saturated carbocycles. The zero-order valence-corrected chi connectivity index (χ0v) is 12.3. The van der Waals surface area contributed by atoms with Crippen LogP contribution >= 0.6 is 0 Å². The van der Waals surface area contributed by atoms with E-state index in [-0.39, 0.29) is 0 Å². The standard InChI is InChI=1S/C14H26N4/c1-10(2)15-13-6-7-18(8-13)9-14-11(3)16-17(5)12(14)4/h10,13,15H,6-9H2,1-5H3. The first-order valence-electron chi connectivity index (χ1n) is 6.95. The Labute approximate surface area is 110 Å². The van der Waals surface area contributed by atoms with E-state index >= 15 is 0 Å². The van der Waals surface area contributed by atoms with E-state index in [4.69, 9.17) is 0 Å². The predicted octanol–water partition coefficient (Wildman–Crippen LogP) is 1.61. The molecule has 1 saturated heterocycles. The molecular weight excluding hydrogens is 224 g/mol. The van der Waals surface area contributed by atoms with Gasteiger partial charge >= 0.3 is 0 Å². The molecule has 0 radical (unpaired) electrons. The van der Waals surface area contributed by atoms with E-state index in [0.717, 1.165) is 13.1 Å². The molecule has 0 spiro atoms. The van der Waals surface area contributed by atoms with Gasteiger partial charge in [0.05, 0.1) is 5.69 Å². The van der Waals surface area contributed by atoms with Crippen molar-refractivity contribution in [2.24, 2.45) is 7.05 Å². The van der Waals surface area contributed by atoms with E-state index in [1.807, 2.05) is 11.7 Å². The van der Waals surface area contributed by atoms with Gasteiger partial charge < -0.3 is 5.32 Å². The number of likely N-dealkylation sites (tertiary alicyclic amines) is 1. The third kappa shape index (κ3) is 2.93. The van der Waals surface area contributed by atoms with Gasteiger partial charge in [0.2, 0.25) is 0 Å². The average Bonchev–Trinajstić information content (AvgIpc) is 2.79. The minimum absolute atomic E-state index is 0.580. The van der Waals surface area contributed by atoms with E-state index in [1.54, 1.807) is 0 Å². The second-order valence-corrected chi connectivity index (χ2v) is 5.82. The van der Waals surface area contributed by atoms with Gasteiger partial charge in [0.1, 0.15) is 0 Å². The van der Waals surface area contributed by atoms with Crippen molar-refractivity contribution in [2.45, 2.75) is 52.7 Å². The molecule has 4 heteroatoms. The summed E-state index contributed by atoms with van der Waals surface area (Å²) in [6.07, 6.45) is 1.26. The highest BCUT2D eigenvalue weighted by Gasteiger charge is 2.24. The highest BCUT2D eigenvalue weighted by molar-refractivity contribution is 5.24.